The third-order valence-electron chi connectivity index (χ3n) is 3.26. The number of nitrogens with one attached hydrogen (secondary N) is 1. The summed E-state index contributed by atoms with van der Waals surface area (Å²) >= 11 is 7.73. The van der Waals surface area contributed by atoms with Crippen LogP contribution in [0.5, 0.6) is 0 Å². The van der Waals surface area contributed by atoms with Crippen LogP contribution in [0.3, 0.4) is 0 Å². The van der Waals surface area contributed by atoms with Gasteiger partial charge in [-0.3, -0.25) is 0 Å². The summed E-state index contributed by atoms with van der Waals surface area (Å²) in [7, 11) is 0. The smallest absolute Gasteiger partial charge is 0.129 e. The lowest BCUT2D eigenvalue weighted by molar-refractivity contribution is 0.544. The van der Waals surface area contributed by atoms with Crippen LogP contribution in [-0.2, 0) is 6.54 Å². The van der Waals surface area contributed by atoms with Gasteiger partial charge in [-0.05, 0) is 43.0 Å². The van der Waals surface area contributed by atoms with E-state index in [0.717, 1.165) is 0 Å². The Balaban J connectivity index is 2.02. The molecular formula is C16H17ClFNS. The molecule has 0 saturated heterocycles. The zero-order valence-corrected chi connectivity index (χ0v) is 13.1. The van der Waals surface area contributed by atoms with Crippen molar-refractivity contribution in [3.63, 3.8) is 0 Å². The van der Waals surface area contributed by atoms with Crippen molar-refractivity contribution in [3.8, 4) is 0 Å². The van der Waals surface area contributed by atoms with Gasteiger partial charge >= 0.3 is 0 Å². The molecule has 1 nitrogen and oxygen atoms in total. The molecule has 106 valence electrons. The topological polar surface area (TPSA) is 12.0 Å². The van der Waals surface area contributed by atoms with Crippen molar-refractivity contribution >= 4 is 23.4 Å². The fraction of sp³-hybridized carbons (Fsp3) is 0.250. The first-order valence-electron chi connectivity index (χ1n) is 6.42. The number of benzene rings is 2. The van der Waals surface area contributed by atoms with Crippen molar-refractivity contribution in [1.29, 1.82) is 0 Å². The summed E-state index contributed by atoms with van der Waals surface area (Å²) in [6.45, 7) is 2.47. The molecule has 0 aliphatic carbocycles. The lowest BCUT2D eigenvalue weighted by Gasteiger charge is -2.15. The van der Waals surface area contributed by atoms with E-state index in [0.29, 0.717) is 17.1 Å². The molecular weight excluding hydrogens is 293 g/mol. The molecule has 0 aliphatic heterocycles. The molecule has 0 fully saturated rings. The minimum Gasteiger partial charge on any atom is -0.306 e. The Bertz CT molecular complexity index is 551. The molecule has 4 heteroatoms. The van der Waals surface area contributed by atoms with Crippen LogP contribution in [-0.4, -0.2) is 6.26 Å². The molecule has 0 amide bonds. The first-order valence-corrected chi connectivity index (χ1v) is 8.02. The average Bonchev–Trinajstić information content (AvgIpc) is 2.46. The second kappa shape index (κ2) is 7.11. The Morgan fingerprint density at radius 2 is 1.90 bits per heavy atom. The fourth-order valence-corrected chi connectivity index (χ4v) is 2.60. The number of hydrogen-bond acceptors (Lipinski definition) is 2. The van der Waals surface area contributed by atoms with E-state index in [1.54, 1.807) is 23.9 Å². The SMILES string of the molecule is CSc1ccc(C(C)NCc2c(F)cccc2Cl)cc1. The predicted octanol–water partition coefficient (Wildman–Crippen LogP) is 5.05. The molecule has 0 heterocycles. The van der Waals surface area contributed by atoms with Gasteiger partial charge in [0, 0.05) is 28.1 Å². The minimum absolute atomic E-state index is 0.140. The monoisotopic (exact) mass is 309 g/mol. The van der Waals surface area contributed by atoms with Gasteiger partial charge in [0.15, 0.2) is 0 Å². The highest BCUT2D eigenvalue weighted by Gasteiger charge is 2.09. The third kappa shape index (κ3) is 3.75. The number of halogens is 2. The Hall–Kier alpha value is -1.03. The molecule has 0 aromatic heterocycles. The number of thioether (sulfide) groups is 1. The van der Waals surface area contributed by atoms with E-state index in [1.807, 2.05) is 0 Å². The summed E-state index contributed by atoms with van der Waals surface area (Å²) in [4.78, 5) is 1.23. The molecule has 0 aliphatic rings. The zero-order chi connectivity index (χ0) is 14.5. The maximum atomic E-state index is 13.7. The zero-order valence-electron chi connectivity index (χ0n) is 11.5. The summed E-state index contributed by atoms with van der Waals surface area (Å²) in [5.41, 5.74) is 1.69. The van der Waals surface area contributed by atoms with Crippen LogP contribution in [0.25, 0.3) is 0 Å². The summed E-state index contributed by atoms with van der Waals surface area (Å²) in [6, 6.07) is 13.3. The Kier molecular flexibility index (Phi) is 5.46. The Morgan fingerprint density at radius 1 is 1.20 bits per heavy atom. The van der Waals surface area contributed by atoms with Crippen molar-refractivity contribution in [3.05, 3.63) is 64.4 Å². The molecule has 1 atom stereocenters. The summed E-state index contributed by atoms with van der Waals surface area (Å²) in [5, 5.41) is 3.76. The van der Waals surface area contributed by atoms with Gasteiger partial charge in [-0.2, -0.15) is 0 Å². The predicted molar refractivity (Wildman–Crippen MR) is 84.9 cm³/mol. The lowest BCUT2D eigenvalue weighted by atomic mass is 10.1. The van der Waals surface area contributed by atoms with E-state index in [4.69, 9.17) is 11.6 Å². The van der Waals surface area contributed by atoms with E-state index < -0.39 is 0 Å². The molecule has 20 heavy (non-hydrogen) atoms. The van der Waals surface area contributed by atoms with Crippen LogP contribution in [0.15, 0.2) is 47.4 Å². The van der Waals surface area contributed by atoms with E-state index in [-0.39, 0.29) is 11.9 Å². The molecule has 0 saturated carbocycles. The third-order valence-corrected chi connectivity index (χ3v) is 4.36. The van der Waals surface area contributed by atoms with E-state index in [2.05, 4.69) is 42.8 Å². The van der Waals surface area contributed by atoms with Gasteiger partial charge in [0.05, 0.1) is 0 Å². The molecule has 1 unspecified atom stereocenters. The molecule has 1 N–H and O–H groups in total. The molecule has 0 bridgehead atoms. The van der Waals surface area contributed by atoms with Crippen LogP contribution >= 0.6 is 23.4 Å². The summed E-state index contributed by atoms with van der Waals surface area (Å²) < 4.78 is 13.7. The van der Waals surface area contributed by atoms with E-state index in [9.17, 15) is 4.39 Å². The highest BCUT2D eigenvalue weighted by molar-refractivity contribution is 7.98. The van der Waals surface area contributed by atoms with Gasteiger partial charge in [0.2, 0.25) is 0 Å². The van der Waals surface area contributed by atoms with Gasteiger partial charge in [-0.25, -0.2) is 4.39 Å². The Labute approximate surface area is 128 Å². The van der Waals surface area contributed by atoms with Gasteiger partial charge in [0.25, 0.3) is 0 Å². The van der Waals surface area contributed by atoms with E-state index in [1.165, 1.54) is 16.5 Å². The second-order valence-corrected chi connectivity index (χ2v) is 5.86. The molecule has 2 aromatic rings. The lowest BCUT2D eigenvalue weighted by Crippen LogP contribution is -2.19. The highest BCUT2D eigenvalue weighted by Crippen LogP contribution is 2.22. The van der Waals surface area contributed by atoms with Crippen molar-refractivity contribution in [2.75, 3.05) is 6.26 Å². The first kappa shape index (κ1) is 15.4. The van der Waals surface area contributed by atoms with Gasteiger partial charge in [0.1, 0.15) is 5.82 Å². The molecule has 0 spiro atoms. The normalized spacial score (nSPS) is 12.4. The second-order valence-electron chi connectivity index (χ2n) is 4.58. The van der Waals surface area contributed by atoms with E-state index >= 15 is 0 Å². The Morgan fingerprint density at radius 3 is 2.50 bits per heavy atom. The largest absolute Gasteiger partial charge is 0.306 e. The van der Waals surface area contributed by atoms with Gasteiger partial charge < -0.3 is 5.32 Å². The number of hydrogen-bond donors (Lipinski definition) is 1. The molecule has 2 aromatic carbocycles. The van der Waals surface area contributed by atoms with Crippen molar-refractivity contribution in [2.24, 2.45) is 0 Å². The summed E-state index contributed by atoms with van der Waals surface area (Å²) in [6.07, 6.45) is 2.05. The van der Waals surface area contributed by atoms with Gasteiger partial charge in [-0.15, -0.1) is 11.8 Å². The van der Waals surface area contributed by atoms with Crippen LogP contribution < -0.4 is 5.32 Å². The highest BCUT2D eigenvalue weighted by atomic mass is 35.5. The van der Waals surface area contributed by atoms with Crippen LogP contribution in [0, 0.1) is 5.82 Å². The van der Waals surface area contributed by atoms with Crippen molar-refractivity contribution in [2.45, 2.75) is 24.4 Å². The fourth-order valence-electron chi connectivity index (χ4n) is 1.97. The van der Waals surface area contributed by atoms with Gasteiger partial charge in [-0.1, -0.05) is 29.8 Å². The molecule has 0 radical (unpaired) electrons. The van der Waals surface area contributed by atoms with Crippen LogP contribution in [0.4, 0.5) is 4.39 Å². The first-order chi connectivity index (χ1) is 9.61. The maximum Gasteiger partial charge on any atom is 0.129 e. The van der Waals surface area contributed by atoms with Crippen molar-refractivity contribution in [1.82, 2.24) is 5.32 Å². The number of rotatable bonds is 5. The quantitative estimate of drug-likeness (QED) is 0.775. The van der Waals surface area contributed by atoms with Crippen LogP contribution in [0.1, 0.15) is 24.1 Å². The maximum absolute atomic E-state index is 13.7. The summed E-state index contributed by atoms with van der Waals surface area (Å²) in [5.74, 6) is -0.269. The average molecular weight is 310 g/mol. The van der Waals surface area contributed by atoms with Crippen LogP contribution in [0.2, 0.25) is 5.02 Å². The van der Waals surface area contributed by atoms with Crippen molar-refractivity contribution < 1.29 is 4.39 Å². The standard InChI is InChI=1S/C16H17ClFNS/c1-11(12-6-8-13(20-2)9-7-12)19-10-14-15(17)4-3-5-16(14)18/h3-9,11,19H,10H2,1-2H3. The minimum atomic E-state index is -0.269. The molecule has 2 rings (SSSR count).